The maximum atomic E-state index is 13.3. The molecule has 0 spiro atoms. The van der Waals surface area contributed by atoms with E-state index in [0.717, 1.165) is 98.4 Å². The van der Waals surface area contributed by atoms with E-state index in [0.29, 0.717) is 51.2 Å². The van der Waals surface area contributed by atoms with Crippen LogP contribution in [0.4, 0.5) is 26.3 Å². The van der Waals surface area contributed by atoms with Gasteiger partial charge in [0.25, 0.3) is 0 Å². The Balaban J connectivity index is 0.000000211. The quantitative estimate of drug-likeness (QED) is 0.109. The number of carbonyl (C=O) groups is 2. The van der Waals surface area contributed by atoms with Crippen LogP contribution in [-0.4, -0.2) is 134 Å². The summed E-state index contributed by atoms with van der Waals surface area (Å²) in [4.78, 5) is 26.9. The van der Waals surface area contributed by atoms with Gasteiger partial charge in [-0.25, -0.2) is 16.8 Å². The fourth-order valence-electron chi connectivity index (χ4n) is 9.75. The summed E-state index contributed by atoms with van der Waals surface area (Å²) in [5, 5.41) is 19.7. The molecule has 0 unspecified atom stereocenters. The SMILES string of the molecule is C[C@@H]1CN(CC2(c3ccc(C(N)=O)cc3)CC2)CCN1S(=O)(=O)c1ccc([C@@](C)(O)C(F)(F)F)cc1.C[C@@H]1CN(CC2(c3ccc(C(N)=O)cc3)CC2)CCN1S(=O)(=O)c1ccc([C@](C)(O)C(F)(F)F)cc1. The minimum absolute atomic E-state index is 0.0256. The highest BCUT2D eigenvalue weighted by atomic mass is 32.2. The zero-order valence-electron chi connectivity index (χ0n) is 40.2. The average Bonchev–Trinajstić information content (AvgIpc) is 4.26. The second-order valence-corrected chi connectivity index (χ2v) is 23.8. The predicted molar refractivity (Wildman–Crippen MR) is 255 cm³/mol. The number of rotatable bonds is 14. The molecule has 6 N–H and O–H groups in total. The predicted octanol–water partition coefficient (Wildman–Crippen LogP) is 5.96. The van der Waals surface area contributed by atoms with Crippen LogP contribution >= 0.6 is 0 Å². The number of alkyl halides is 6. The first-order valence-corrected chi connectivity index (χ1v) is 26.3. The third kappa shape index (κ3) is 11.1. The number of sulfonamides is 2. The third-order valence-electron chi connectivity index (χ3n) is 14.8. The first kappa shape index (κ1) is 54.8. The topological polar surface area (TPSA) is 208 Å². The second-order valence-electron chi connectivity index (χ2n) is 20.0. The average molecular weight is 1050 g/mol. The Hall–Kier alpha value is -4.94. The fourth-order valence-corrected chi connectivity index (χ4v) is 13.0. The van der Waals surface area contributed by atoms with Crippen molar-refractivity contribution in [1.82, 2.24) is 18.4 Å². The molecule has 2 amide bonds. The Labute approximate surface area is 415 Å². The van der Waals surface area contributed by atoms with Gasteiger partial charge in [0.1, 0.15) is 0 Å². The largest absolute Gasteiger partial charge is 0.421 e. The van der Waals surface area contributed by atoms with Gasteiger partial charge in [0.15, 0.2) is 11.2 Å². The summed E-state index contributed by atoms with van der Waals surface area (Å²) in [6.07, 6.45) is -5.76. The molecule has 4 fully saturated rings. The van der Waals surface area contributed by atoms with Crippen molar-refractivity contribution >= 4 is 31.9 Å². The molecular weight excluding hydrogens is 991 g/mol. The summed E-state index contributed by atoms with van der Waals surface area (Å²) in [5.41, 5.74) is 6.78. The molecule has 4 atom stereocenters. The standard InChI is InChI=1S/2C25H30F3N3O4S/c2*1-17-15-30(16-24(11-12-24)20-5-3-18(4-6-20)22(29)32)13-14-31(17)36(34,35)21-9-7-19(8-10-21)23(2,33)25(26,27)28/h2*3-10,17,33H,11-16H2,1-2H3,(H2,29,32)/t17-,23+;17-,23-/m11/s1. The van der Waals surface area contributed by atoms with Crippen LogP contribution in [0.2, 0.25) is 0 Å². The maximum Gasteiger partial charge on any atom is 0.421 e. The Morgan fingerprint density at radius 2 is 0.833 bits per heavy atom. The maximum absolute atomic E-state index is 13.3. The number of carbonyl (C=O) groups excluding carboxylic acids is 2. The van der Waals surface area contributed by atoms with E-state index in [1.165, 1.54) is 8.61 Å². The molecule has 22 heteroatoms. The van der Waals surface area contributed by atoms with E-state index in [2.05, 4.69) is 9.80 Å². The van der Waals surface area contributed by atoms with E-state index in [-0.39, 0.29) is 45.8 Å². The number of benzene rings is 4. The molecule has 2 aliphatic carbocycles. The molecule has 72 heavy (non-hydrogen) atoms. The Morgan fingerprint density at radius 1 is 0.542 bits per heavy atom. The van der Waals surface area contributed by atoms with Crippen molar-refractivity contribution in [3.8, 4) is 0 Å². The lowest BCUT2D eigenvalue weighted by molar-refractivity contribution is -0.259. The van der Waals surface area contributed by atoms with E-state index < -0.39 is 66.5 Å². The van der Waals surface area contributed by atoms with Gasteiger partial charge in [-0.3, -0.25) is 19.4 Å². The van der Waals surface area contributed by atoms with E-state index in [9.17, 15) is 63.0 Å². The zero-order valence-corrected chi connectivity index (χ0v) is 41.9. The highest BCUT2D eigenvalue weighted by Crippen LogP contribution is 2.50. The molecule has 4 aromatic carbocycles. The zero-order chi connectivity index (χ0) is 53.0. The third-order valence-corrected chi connectivity index (χ3v) is 18.8. The van der Waals surface area contributed by atoms with E-state index in [1.807, 2.05) is 38.1 Å². The van der Waals surface area contributed by atoms with E-state index in [1.54, 1.807) is 24.3 Å². The van der Waals surface area contributed by atoms with Crippen molar-refractivity contribution in [1.29, 1.82) is 0 Å². The van der Waals surface area contributed by atoms with Gasteiger partial charge in [-0.05, 0) is 124 Å². The first-order chi connectivity index (χ1) is 33.3. The molecule has 2 saturated heterocycles. The van der Waals surface area contributed by atoms with E-state index >= 15 is 0 Å². The fraction of sp³-hybridized carbons (Fsp3) is 0.480. The molecule has 8 rings (SSSR count). The van der Waals surface area contributed by atoms with Crippen LogP contribution in [0.3, 0.4) is 0 Å². The van der Waals surface area contributed by atoms with Gasteiger partial charge in [-0.15, -0.1) is 0 Å². The molecule has 2 saturated carbocycles. The summed E-state index contributed by atoms with van der Waals surface area (Å²) in [7, 11) is -7.85. The van der Waals surface area contributed by atoms with Gasteiger partial charge in [0, 0.05) is 86.4 Å². The van der Waals surface area contributed by atoms with Crippen molar-refractivity contribution in [3.05, 3.63) is 130 Å². The molecule has 4 aliphatic rings. The molecular formula is C50H60F6N6O8S2. The van der Waals surface area contributed by atoms with Gasteiger partial charge in [0.05, 0.1) is 9.79 Å². The second kappa shape index (κ2) is 19.7. The van der Waals surface area contributed by atoms with Crippen LogP contribution in [0.25, 0.3) is 0 Å². The van der Waals surface area contributed by atoms with Crippen LogP contribution in [0.5, 0.6) is 0 Å². The van der Waals surface area contributed by atoms with Crippen LogP contribution in [-0.2, 0) is 42.1 Å². The molecule has 2 aliphatic heterocycles. The van der Waals surface area contributed by atoms with E-state index in [4.69, 9.17) is 11.5 Å². The van der Waals surface area contributed by atoms with Gasteiger partial charge in [0.2, 0.25) is 31.9 Å². The number of hydrogen-bond acceptors (Lipinski definition) is 10. The molecule has 0 radical (unpaired) electrons. The number of amides is 2. The summed E-state index contributed by atoms with van der Waals surface area (Å²) in [6, 6.07) is 22.4. The van der Waals surface area contributed by atoms with Gasteiger partial charge in [-0.1, -0.05) is 48.5 Å². The molecule has 2 heterocycles. The summed E-state index contributed by atoms with van der Waals surface area (Å²) >= 11 is 0. The normalized spacial score (nSPS) is 22.7. The summed E-state index contributed by atoms with van der Waals surface area (Å²) < 4.78 is 134. The Kier molecular flexibility index (Phi) is 15.0. The van der Waals surface area contributed by atoms with Crippen molar-refractivity contribution in [2.24, 2.45) is 11.5 Å². The summed E-state index contributed by atoms with van der Waals surface area (Å²) in [6.45, 7) is 9.00. The highest BCUT2D eigenvalue weighted by Gasteiger charge is 2.53. The minimum Gasteiger partial charge on any atom is -0.376 e. The lowest BCUT2D eigenvalue weighted by atomic mass is 9.93. The van der Waals surface area contributed by atoms with Crippen molar-refractivity contribution in [2.45, 2.75) is 110 Å². The van der Waals surface area contributed by atoms with Gasteiger partial charge >= 0.3 is 12.4 Å². The van der Waals surface area contributed by atoms with Crippen molar-refractivity contribution < 1.29 is 63.0 Å². The minimum atomic E-state index is -4.89. The van der Waals surface area contributed by atoms with Crippen molar-refractivity contribution in [3.63, 3.8) is 0 Å². The smallest absolute Gasteiger partial charge is 0.376 e. The number of nitrogens with zero attached hydrogens (tertiary/aromatic N) is 4. The van der Waals surface area contributed by atoms with Gasteiger partial charge in [-0.2, -0.15) is 35.0 Å². The summed E-state index contributed by atoms with van der Waals surface area (Å²) in [5.74, 6) is -0.948. The molecule has 4 aromatic rings. The molecule has 0 aromatic heterocycles. The highest BCUT2D eigenvalue weighted by molar-refractivity contribution is 7.89. The van der Waals surface area contributed by atoms with Crippen LogP contribution in [0, 0.1) is 0 Å². The number of primary amides is 2. The lowest BCUT2D eigenvalue weighted by Crippen LogP contribution is -2.55. The van der Waals surface area contributed by atoms with Crippen LogP contribution < -0.4 is 11.5 Å². The van der Waals surface area contributed by atoms with Crippen molar-refractivity contribution in [2.75, 3.05) is 52.4 Å². The number of halogens is 6. The number of nitrogens with two attached hydrogens (primary N) is 2. The lowest BCUT2D eigenvalue weighted by Gasteiger charge is -2.40. The van der Waals surface area contributed by atoms with Crippen LogP contribution in [0.1, 0.15) is 96.3 Å². The monoisotopic (exact) mass is 1050 g/mol. The number of piperazine rings is 2. The Bertz CT molecular complexity index is 2640. The number of hydrogen-bond donors (Lipinski definition) is 4. The number of aliphatic hydroxyl groups is 2. The first-order valence-electron chi connectivity index (χ1n) is 23.4. The molecule has 392 valence electrons. The van der Waals surface area contributed by atoms with Crippen LogP contribution in [0.15, 0.2) is 107 Å². The molecule has 0 bridgehead atoms. The van der Waals surface area contributed by atoms with Gasteiger partial charge < -0.3 is 21.7 Å². The Morgan fingerprint density at radius 3 is 1.07 bits per heavy atom. The molecule has 14 nitrogen and oxygen atoms in total.